The predicted molar refractivity (Wildman–Crippen MR) is 133 cm³/mol. The van der Waals surface area contributed by atoms with Gasteiger partial charge in [0.2, 0.25) is 21.8 Å². The van der Waals surface area contributed by atoms with Crippen LogP contribution < -0.4 is 15.0 Å². The largest absolute Gasteiger partial charge is 0.492 e. The maximum atomic E-state index is 13.2. The average molecular weight is 488 g/mol. The number of sulfonamides is 1. The van der Waals surface area contributed by atoms with Gasteiger partial charge in [-0.15, -0.1) is 0 Å². The van der Waals surface area contributed by atoms with Crippen molar-refractivity contribution in [1.82, 2.24) is 4.31 Å². The zero-order chi connectivity index (χ0) is 24.9. The van der Waals surface area contributed by atoms with Crippen molar-refractivity contribution in [3.8, 4) is 5.75 Å². The van der Waals surface area contributed by atoms with Crippen molar-refractivity contribution in [3.63, 3.8) is 0 Å². The molecule has 1 N–H and O–H groups in total. The van der Waals surface area contributed by atoms with E-state index in [1.807, 2.05) is 31.2 Å². The Balaban J connectivity index is 1.83. The van der Waals surface area contributed by atoms with Gasteiger partial charge < -0.3 is 15.0 Å². The first-order valence-electron chi connectivity index (χ1n) is 11.7. The van der Waals surface area contributed by atoms with Crippen molar-refractivity contribution >= 4 is 33.2 Å². The van der Waals surface area contributed by atoms with Crippen molar-refractivity contribution in [2.45, 2.75) is 45.4 Å². The van der Waals surface area contributed by atoms with Crippen LogP contribution in [0.4, 0.5) is 11.4 Å². The molecule has 34 heavy (non-hydrogen) atoms. The summed E-state index contributed by atoms with van der Waals surface area (Å²) >= 11 is 0. The molecule has 0 radical (unpaired) electrons. The van der Waals surface area contributed by atoms with Gasteiger partial charge in [-0.1, -0.05) is 39.0 Å². The molecule has 0 saturated carbocycles. The van der Waals surface area contributed by atoms with Crippen LogP contribution >= 0.6 is 0 Å². The van der Waals surface area contributed by atoms with Crippen LogP contribution in [0.3, 0.4) is 0 Å². The van der Waals surface area contributed by atoms with Gasteiger partial charge in [-0.3, -0.25) is 9.59 Å². The van der Waals surface area contributed by atoms with Gasteiger partial charge in [0.05, 0.1) is 12.5 Å². The summed E-state index contributed by atoms with van der Waals surface area (Å²) in [5.74, 6) is -0.713. The van der Waals surface area contributed by atoms with Crippen LogP contribution in [0.2, 0.25) is 0 Å². The number of benzene rings is 2. The third-order valence-corrected chi connectivity index (χ3v) is 8.06. The van der Waals surface area contributed by atoms with Gasteiger partial charge in [0, 0.05) is 37.4 Å². The first-order chi connectivity index (χ1) is 16.3. The fraction of sp³-hybridized carbons (Fsp3) is 0.440. The number of aryl methyl sites for hydroxylation is 1. The smallest absolute Gasteiger partial charge is 0.246 e. The van der Waals surface area contributed by atoms with E-state index in [1.54, 1.807) is 37.8 Å². The lowest BCUT2D eigenvalue weighted by Gasteiger charge is -2.21. The van der Waals surface area contributed by atoms with Crippen LogP contribution in [-0.4, -0.2) is 50.8 Å². The Morgan fingerprint density at radius 1 is 1.12 bits per heavy atom. The van der Waals surface area contributed by atoms with E-state index in [0.29, 0.717) is 25.4 Å². The Morgan fingerprint density at radius 2 is 1.82 bits per heavy atom. The minimum Gasteiger partial charge on any atom is -0.492 e. The highest BCUT2D eigenvalue weighted by Crippen LogP contribution is 2.32. The molecule has 0 aromatic heterocycles. The van der Waals surface area contributed by atoms with E-state index >= 15 is 0 Å². The first kappa shape index (κ1) is 25.7. The van der Waals surface area contributed by atoms with Crippen LogP contribution in [-0.2, 0) is 26.0 Å². The highest BCUT2D eigenvalue weighted by molar-refractivity contribution is 7.89. The molecule has 184 valence electrons. The number of carbonyl (C=O) groups is 2. The molecule has 2 amide bonds. The molecule has 1 unspecified atom stereocenters. The number of hydrogen-bond acceptors (Lipinski definition) is 5. The molecule has 1 saturated heterocycles. The number of rotatable bonds is 10. The van der Waals surface area contributed by atoms with Crippen LogP contribution in [0, 0.1) is 5.92 Å². The standard InChI is InChI=1S/C25H33N3O5S/c1-5-18-11-9-10-12-21(18)28-17-19(15-24(28)29)25(30)26-20-13-14-22(33-8-4)23(16-20)34(31,32)27(6-2)7-3/h9-14,16,19H,5-8,15,17H2,1-4H3,(H,26,30). The average Bonchev–Trinajstić information content (AvgIpc) is 3.22. The van der Waals surface area contributed by atoms with Crippen molar-refractivity contribution in [3.05, 3.63) is 48.0 Å². The number of hydrogen-bond donors (Lipinski definition) is 1. The summed E-state index contributed by atoms with van der Waals surface area (Å²) in [4.78, 5) is 27.4. The Morgan fingerprint density at radius 3 is 2.47 bits per heavy atom. The van der Waals surface area contributed by atoms with E-state index in [9.17, 15) is 18.0 Å². The van der Waals surface area contributed by atoms with Gasteiger partial charge in [0.25, 0.3) is 0 Å². The molecule has 0 spiro atoms. The van der Waals surface area contributed by atoms with Crippen LogP contribution in [0.25, 0.3) is 0 Å². The molecule has 9 heteroatoms. The Hall–Kier alpha value is -2.91. The van der Waals surface area contributed by atoms with Crippen molar-refractivity contribution in [2.24, 2.45) is 5.92 Å². The molecule has 1 aliphatic heterocycles. The van der Waals surface area contributed by atoms with Crippen LogP contribution in [0.1, 0.15) is 39.7 Å². The zero-order valence-electron chi connectivity index (χ0n) is 20.2. The number of para-hydroxylation sites is 1. The fourth-order valence-electron chi connectivity index (χ4n) is 4.20. The van der Waals surface area contributed by atoms with E-state index in [0.717, 1.165) is 17.7 Å². The van der Waals surface area contributed by atoms with Gasteiger partial charge in [-0.05, 0) is 43.2 Å². The van der Waals surface area contributed by atoms with E-state index in [4.69, 9.17) is 4.74 Å². The number of amides is 2. The lowest BCUT2D eigenvalue weighted by atomic mass is 10.1. The van der Waals surface area contributed by atoms with E-state index in [-0.39, 0.29) is 35.4 Å². The molecular formula is C25H33N3O5S. The zero-order valence-corrected chi connectivity index (χ0v) is 21.0. The minimum absolute atomic E-state index is 0.0110. The van der Waals surface area contributed by atoms with Gasteiger partial charge in [0.15, 0.2) is 0 Å². The van der Waals surface area contributed by atoms with Crippen molar-refractivity contribution < 1.29 is 22.7 Å². The fourth-order valence-corrected chi connectivity index (χ4v) is 5.81. The first-order valence-corrected chi connectivity index (χ1v) is 13.2. The maximum Gasteiger partial charge on any atom is 0.246 e. The molecule has 1 heterocycles. The molecule has 1 fully saturated rings. The van der Waals surface area contributed by atoms with Gasteiger partial charge >= 0.3 is 0 Å². The number of nitrogens with zero attached hydrogens (tertiary/aromatic N) is 2. The monoisotopic (exact) mass is 487 g/mol. The summed E-state index contributed by atoms with van der Waals surface area (Å²) in [6, 6.07) is 12.3. The lowest BCUT2D eigenvalue weighted by molar-refractivity contribution is -0.122. The summed E-state index contributed by atoms with van der Waals surface area (Å²) in [7, 11) is -3.80. The van der Waals surface area contributed by atoms with Gasteiger partial charge in [0.1, 0.15) is 10.6 Å². The van der Waals surface area contributed by atoms with Crippen molar-refractivity contribution in [1.29, 1.82) is 0 Å². The highest BCUT2D eigenvalue weighted by Gasteiger charge is 2.36. The molecule has 1 aliphatic rings. The number of carbonyl (C=O) groups excluding carboxylic acids is 2. The molecule has 2 aromatic rings. The molecule has 0 aliphatic carbocycles. The highest BCUT2D eigenvalue weighted by atomic mass is 32.2. The third-order valence-electron chi connectivity index (χ3n) is 5.99. The second-order valence-electron chi connectivity index (χ2n) is 8.06. The summed E-state index contributed by atoms with van der Waals surface area (Å²) in [5.41, 5.74) is 2.23. The van der Waals surface area contributed by atoms with Gasteiger partial charge in [-0.2, -0.15) is 4.31 Å². The van der Waals surface area contributed by atoms with Crippen molar-refractivity contribution in [2.75, 3.05) is 36.5 Å². The summed E-state index contributed by atoms with van der Waals surface area (Å²) in [6.45, 7) is 8.58. The van der Waals surface area contributed by atoms with Crippen LogP contribution in [0.15, 0.2) is 47.4 Å². The molecule has 8 nitrogen and oxygen atoms in total. The summed E-state index contributed by atoms with van der Waals surface area (Å²) in [5, 5.41) is 2.81. The number of nitrogens with one attached hydrogen (secondary N) is 1. The normalized spacial score (nSPS) is 16.2. The molecule has 1 atom stereocenters. The molecule has 2 aromatic carbocycles. The maximum absolute atomic E-state index is 13.2. The summed E-state index contributed by atoms with van der Waals surface area (Å²) in [6.07, 6.45) is 0.887. The predicted octanol–water partition coefficient (Wildman–Crippen LogP) is 3.67. The van der Waals surface area contributed by atoms with Crippen LogP contribution in [0.5, 0.6) is 5.75 Å². The topological polar surface area (TPSA) is 96.0 Å². The van der Waals surface area contributed by atoms with Gasteiger partial charge in [-0.25, -0.2) is 8.42 Å². The second kappa shape index (κ2) is 11.0. The summed E-state index contributed by atoms with van der Waals surface area (Å²) < 4.78 is 33.2. The van der Waals surface area contributed by atoms with E-state index < -0.39 is 15.9 Å². The van der Waals surface area contributed by atoms with E-state index in [1.165, 1.54) is 10.4 Å². The molecule has 0 bridgehead atoms. The number of ether oxygens (including phenoxy) is 1. The molecule has 3 rings (SSSR count). The Labute approximate surface area is 201 Å². The Kier molecular flexibility index (Phi) is 8.33. The lowest BCUT2D eigenvalue weighted by Crippen LogP contribution is -2.31. The second-order valence-corrected chi connectivity index (χ2v) is 9.97. The molecular weight excluding hydrogens is 454 g/mol. The number of anilines is 2. The minimum atomic E-state index is -3.80. The third kappa shape index (κ3) is 5.26. The Bertz CT molecular complexity index is 1140. The quantitative estimate of drug-likeness (QED) is 0.552. The van der Waals surface area contributed by atoms with E-state index in [2.05, 4.69) is 5.32 Å². The SMILES string of the molecule is CCOc1ccc(NC(=O)C2CC(=O)N(c3ccccc3CC)C2)cc1S(=O)(=O)N(CC)CC.